The highest BCUT2D eigenvalue weighted by Crippen LogP contribution is 2.31. The molecule has 2 heterocycles. The summed E-state index contributed by atoms with van der Waals surface area (Å²) in [4.78, 5) is 29.5. The number of rotatable bonds is 4. The number of nitrogens with zero attached hydrogens (tertiary/aromatic N) is 2. The Labute approximate surface area is 167 Å². The fourth-order valence-corrected chi connectivity index (χ4v) is 4.01. The lowest BCUT2D eigenvalue weighted by molar-refractivity contribution is -0.115. The summed E-state index contributed by atoms with van der Waals surface area (Å²) >= 11 is 1.62. The van der Waals surface area contributed by atoms with Crippen molar-refractivity contribution in [3.8, 4) is 5.69 Å². The van der Waals surface area contributed by atoms with Crippen LogP contribution in [0, 0.1) is 0 Å². The first-order valence-electron chi connectivity index (χ1n) is 9.06. The first-order chi connectivity index (χ1) is 13.6. The van der Waals surface area contributed by atoms with Crippen LogP contribution in [0.2, 0.25) is 0 Å². The highest BCUT2D eigenvalue weighted by Gasteiger charge is 2.17. The standard InChI is InChI=1S/C21H20N4O2S/c1-14(15-2-5-17(6-3-15)25-10-9-22-13-25)23-21(27)16-4-7-19-18(12-16)24-20(26)8-11-28-19/h2-7,9-10,12-14H,8,11H2,1H3,(H,23,27)(H,24,26)/t14-/m0/s1. The molecule has 0 radical (unpaired) electrons. The Bertz CT molecular complexity index is 1000. The molecular weight excluding hydrogens is 372 g/mol. The fourth-order valence-electron chi connectivity index (χ4n) is 3.07. The third-order valence-corrected chi connectivity index (χ3v) is 5.72. The normalized spacial score (nSPS) is 14.5. The maximum absolute atomic E-state index is 12.7. The van der Waals surface area contributed by atoms with Crippen LogP contribution >= 0.6 is 11.8 Å². The molecule has 6 nitrogen and oxygen atoms in total. The van der Waals surface area contributed by atoms with E-state index >= 15 is 0 Å². The number of carbonyl (C=O) groups excluding carboxylic acids is 2. The molecule has 0 unspecified atom stereocenters. The Kier molecular flexibility index (Phi) is 5.16. The van der Waals surface area contributed by atoms with Gasteiger partial charge < -0.3 is 15.2 Å². The van der Waals surface area contributed by atoms with E-state index in [9.17, 15) is 9.59 Å². The predicted octanol–water partition coefficient (Wildman–Crippen LogP) is 3.80. The average molecular weight is 392 g/mol. The molecule has 3 aromatic rings. The largest absolute Gasteiger partial charge is 0.346 e. The number of hydrogen-bond acceptors (Lipinski definition) is 4. The number of benzene rings is 2. The summed E-state index contributed by atoms with van der Waals surface area (Å²) in [5, 5.41) is 5.90. The minimum absolute atomic E-state index is 0.0184. The van der Waals surface area contributed by atoms with Crippen LogP contribution in [0.3, 0.4) is 0 Å². The lowest BCUT2D eigenvalue weighted by Crippen LogP contribution is -2.26. The molecule has 0 spiro atoms. The van der Waals surface area contributed by atoms with Crippen LogP contribution in [0.25, 0.3) is 5.69 Å². The minimum atomic E-state index is -0.169. The molecule has 0 bridgehead atoms. The van der Waals surface area contributed by atoms with Crippen LogP contribution < -0.4 is 10.6 Å². The molecule has 28 heavy (non-hydrogen) atoms. The van der Waals surface area contributed by atoms with E-state index in [1.807, 2.05) is 48.0 Å². The summed E-state index contributed by atoms with van der Waals surface area (Å²) in [7, 11) is 0. The predicted molar refractivity (Wildman–Crippen MR) is 110 cm³/mol. The molecule has 0 fully saturated rings. The molecular formula is C21H20N4O2S. The van der Waals surface area contributed by atoms with Gasteiger partial charge in [-0.3, -0.25) is 9.59 Å². The number of hydrogen-bond donors (Lipinski definition) is 2. The second-order valence-corrected chi connectivity index (χ2v) is 7.75. The number of imidazole rings is 1. The van der Waals surface area contributed by atoms with Crippen molar-refractivity contribution in [3.05, 3.63) is 72.3 Å². The van der Waals surface area contributed by atoms with Crippen LogP contribution in [-0.4, -0.2) is 27.1 Å². The summed E-state index contributed by atoms with van der Waals surface area (Å²) in [6, 6.07) is 13.3. The molecule has 7 heteroatoms. The van der Waals surface area contributed by atoms with Gasteiger partial charge in [-0.15, -0.1) is 11.8 Å². The molecule has 0 saturated carbocycles. The third-order valence-electron chi connectivity index (χ3n) is 4.65. The molecule has 1 aliphatic rings. The van der Waals surface area contributed by atoms with E-state index in [0.717, 1.165) is 21.9 Å². The van der Waals surface area contributed by atoms with Crippen molar-refractivity contribution in [1.29, 1.82) is 0 Å². The summed E-state index contributed by atoms with van der Waals surface area (Å²) < 4.78 is 1.93. The second kappa shape index (κ2) is 7.90. The Morgan fingerprint density at radius 3 is 2.82 bits per heavy atom. The van der Waals surface area contributed by atoms with Crippen LogP contribution in [0.1, 0.15) is 35.3 Å². The molecule has 2 N–H and O–H groups in total. The minimum Gasteiger partial charge on any atom is -0.346 e. The molecule has 0 saturated heterocycles. The summed E-state index contributed by atoms with van der Waals surface area (Å²) in [5.74, 6) is 0.559. The van der Waals surface area contributed by atoms with Gasteiger partial charge in [-0.25, -0.2) is 4.98 Å². The van der Waals surface area contributed by atoms with Crippen molar-refractivity contribution in [1.82, 2.24) is 14.9 Å². The Morgan fingerprint density at radius 2 is 2.07 bits per heavy atom. The molecule has 4 rings (SSSR count). The van der Waals surface area contributed by atoms with Crippen LogP contribution in [0.5, 0.6) is 0 Å². The molecule has 1 aromatic heterocycles. The molecule has 2 amide bonds. The van der Waals surface area contributed by atoms with Gasteiger partial charge in [0.1, 0.15) is 0 Å². The monoisotopic (exact) mass is 392 g/mol. The number of anilines is 1. The van der Waals surface area contributed by atoms with Crippen molar-refractivity contribution in [3.63, 3.8) is 0 Å². The number of thioether (sulfide) groups is 1. The zero-order chi connectivity index (χ0) is 19.5. The average Bonchev–Trinajstić information content (AvgIpc) is 3.17. The van der Waals surface area contributed by atoms with Gasteiger partial charge in [0.15, 0.2) is 0 Å². The van der Waals surface area contributed by atoms with Gasteiger partial charge in [0.25, 0.3) is 5.91 Å². The van der Waals surface area contributed by atoms with Gasteiger partial charge in [0.2, 0.25) is 5.91 Å². The molecule has 1 aliphatic heterocycles. The van der Waals surface area contributed by atoms with Crippen LogP contribution in [-0.2, 0) is 4.79 Å². The maximum Gasteiger partial charge on any atom is 0.251 e. The van der Waals surface area contributed by atoms with Gasteiger partial charge in [-0.1, -0.05) is 12.1 Å². The van der Waals surface area contributed by atoms with E-state index in [0.29, 0.717) is 17.7 Å². The van der Waals surface area contributed by atoms with Gasteiger partial charge in [-0.05, 0) is 42.8 Å². The van der Waals surface area contributed by atoms with Gasteiger partial charge in [-0.2, -0.15) is 0 Å². The first-order valence-corrected chi connectivity index (χ1v) is 10.0. The number of carbonyl (C=O) groups is 2. The van der Waals surface area contributed by atoms with E-state index in [-0.39, 0.29) is 17.9 Å². The van der Waals surface area contributed by atoms with E-state index in [1.54, 1.807) is 36.4 Å². The molecule has 0 aliphatic carbocycles. The van der Waals surface area contributed by atoms with Gasteiger partial charge >= 0.3 is 0 Å². The zero-order valence-corrected chi connectivity index (χ0v) is 16.2. The van der Waals surface area contributed by atoms with E-state index in [4.69, 9.17) is 0 Å². The zero-order valence-electron chi connectivity index (χ0n) is 15.4. The van der Waals surface area contributed by atoms with Crippen LogP contribution in [0.4, 0.5) is 5.69 Å². The fraction of sp³-hybridized carbons (Fsp3) is 0.190. The van der Waals surface area contributed by atoms with Crippen molar-refractivity contribution in [2.24, 2.45) is 0 Å². The summed E-state index contributed by atoms with van der Waals surface area (Å²) in [6.45, 7) is 1.95. The van der Waals surface area contributed by atoms with E-state index in [2.05, 4.69) is 15.6 Å². The second-order valence-electron chi connectivity index (χ2n) is 6.61. The van der Waals surface area contributed by atoms with Crippen molar-refractivity contribution < 1.29 is 9.59 Å². The van der Waals surface area contributed by atoms with Crippen molar-refractivity contribution in [2.45, 2.75) is 24.3 Å². The highest BCUT2D eigenvalue weighted by molar-refractivity contribution is 7.99. The highest BCUT2D eigenvalue weighted by atomic mass is 32.2. The summed E-state index contributed by atoms with van der Waals surface area (Å²) in [5.41, 5.74) is 3.26. The topological polar surface area (TPSA) is 76.0 Å². The quantitative estimate of drug-likeness (QED) is 0.708. The number of aromatic nitrogens is 2. The van der Waals surface area contributed by atoms with Crippen molar-refractivity contribution in [2.75, 3.05) is 11.1 Å². The van der Waals surface area contributed by atoms with Gasteiger partial charge in [0.05, 0.1) is 18.1 Å². The Hall–Kier alpha value is -3.06. The number of fused-ring (bicyclic) bond motifs is 1. The lowest BCUT2D eigenvalue weighted by Gasteiger charge is -2.16. The Morgan fingerprint density at radius 1 is 1.25 bits per heavy atom. The third kappa shape index (κ3) is 3.94. The number of amides is 2. The number of nitrogens with one attached hydrogen (secondary N) is 2. The Balaban J connectivity index is 1.46. The summed E-state index contributed by atoms with van der Waals surface area (Å²) in [6.07, 6.45) is 5.84. The first kappa shape index (κ1) is 18.3. The molecule has 142 valence electrons. The molecule has 1 atom stereocenters. The van der Waals surface area contributed by atoms with Gasteiger partial charge in [0, 0.05) is 40.7 Å². The lowest BCUT2D eigenvalue weighted by atomic mass is 10.1. The van der Waals surface area contributed by atoms with Crippen molar-refractivity contribution >= 4 is 29.3 Å². The maximum atomic E-state index is 12.7. The SMILES string of the molecule is C[C@H](NC(=O)c1ccc2c(c1)NC(=O)CCS2)c1ccc(-n2ccnc2)cc1. The smallest absolute Gasteiger partial charge is 0.251 e. The van der Waals surface area contributed by atoms with E-state index < -0.39 is 0 Å². The molecule has 2 aromatic carbocycles. The van der Waals surface area contributed by atoms with Crippen LogP contribution in [0.15, 0.2) is 66.1 Å². The van der Waals surface area contributed by atoms with E-state index in [1.165, 1.54) is 0 Å².